The SMILES string of the molecule is Nc1nc(C=Cc2ncn3c2CCCC3)cs1. The number of nitrogen functional groups attached to an aromatic ring is 1. The summed E-state index contributed by atoms with van der Waals surface area (Å²) in [4.78, 5) is 8.64. The van der Waals surface area contributed by atoms with Crippen molar-refractivity contribution in [3.8, 4) is 0 Å². The number of hydrogen-bond acceptors (Lipinski definition) is 4. The number of thiazole rings is 1. The third-order valence-electron chi connectivity index (χ3n) is 2.99. The molecule has 0 atom stereocenters. The average Bonchev–Trinajstić information content (AvgIpc) is 2.93. The minimum Gasteiger partial charge on any atom is -0.375 e. The maximum absolute atomic E-state index is 5.59. The quantitative estimate of drug-likeness (QED) is 0.885. The molecule has 0 saturated heterocycles. The van der Waals surface area contributed by atoms with E-state index < -0.39 is 0 Å². The number of imidazole rings is 1. The van der Waals surface area contributed by atoms with Gasteiger partial charge in [-0.15, -0.1) is 11.3 Å². The van der Waals surface area contributed by atoms with Crippen LogP contribution in [0.25, 0.3) is 12.2 Å². The van der Waals surface area contributed by atoms with E-state index in [0.717, 1.165) is 24.4 Å². The molecule has 0 unspecified atom stereocenters. The summed E-state index contributed by atoms with van der Waals surface area (Å²) in [7, 11) is 0. The summed E-state index contributed by atoms with van der Waals surface area (Å²) in [5, 5.41) is 2.56. The van der Waals surface area contributed by atoms with Crippen LogP contribution < -0.4 is 5.73 Å². The molecule has 5 heteroatoms. The van der Waals surface area contributed by atoms with E-state index in [9.17, 15) is 0 Å². The zero-order valence-corrected chi connectivity index (χ0v) is 10.3. The lowest BCUT2D eigenvalue weighted by molar-refractivity contribution is 0.531. The minimum atomic E-state index is 0.608. The molecular formula is C12H14N4S. The highest BCUT2D eigenvalue weighted by Gasteiger charge is 2.12. The van der Waals surface area contributed by atoms with E-state index in [1.165, 1.54) is 29.9 Å². The van der Waals surface area contributed by atoms with Crippen molar-refractivity contribution in [2.24, 2.45) is 0 Å². The molecule has 4 nitrogen and oxygen atoms in total. The molecule has 0 aliphatic carbocycles. The molecule has 2 N–H and O–H groups in total. The van der Waals surface area contributed by atoms with Crippen molar-refractivity contribution < 1.29 is 0 Å². The zero-order chi connectivity index (χ0) is 11.7. The standard InChI is InChI=1S/C12H14N4S/c13-12-15-9(7-17-12)4-5-10-11-3-1-2-6-16(11)8-14-10/h4-5,7-8H,1-3,6H2,(H2,13,15). The predicted molar refractivity (Wildman–Crippen MR) is 70.6 cm³/mol. The van der Waals surface area contributed by atoms with Gasteiger partial charge in [-0.1, -0.05) is 0 Å². The van der Waals surface area contributed by atoms with Crippen molar-refractivity contribution in [2.75, 3.05) is 5.73 Å². The van der Waals surface area contributed by atoms with Crippen molar-refractivity contribution in [2.45, 2.75) is 25.8 Å². The van der Waals surface area contributed by atoms with Crippen LogP contribution in [0.1, 0.15) is 29.9 Å². The smallest absolute Gasteiger partial charge is 0.180 e. The van der Waals surface area contributed by atoms with Crippen LogP contribution in [0, 0.1) is 0 Å². The van der Waals surface area contributed by atoms with E-state index in [2.05, 4.69) is 14.5 Å². The molecule has 0 saturated carbocycles. The van der Waals surface area contributed by atoms with Crippen LogP contribution in [0.3, 0.4) is 0 Å². The lowest BCUT2D eigenvalue weighted by atomic mass is 10.1. The Balaban J connectivity index is 1.85. The molecule has 17 heavy (non-hydrogen) atoms. The second kappa shape index (κ2) is 4.33. The predicted octanol–water partition coefficient (Wildman–Crippen LogP) is 2.43. The van der Waals surface area contributed by atoms with Crippen LogP contribution >= 0.6 is 11.3 Å². The van der Waals surface area contributed by atoms with E-state index in [1.54, 1.807) is 0 Å². The zero-order valence-electron chi connectivity index (χ0n) is 9.47. The van der Waals surface area contributed by atoms with Gasteiger partial charge in [0, 0.05) is 17.6 Å². The van der Waals surface area contributed by atoms with Gasteiger partial charge in [0.25, 0.3) is 0 Å². The van der Waals surface area contributed by atoms with Crippen LogP contribution in [-0.2, 0) is 13.0 Å². The van der Waals surface area contributed by atoms with Gasteiger partial charge < -0.3 is 10.3 Å². The lowest BCUT2D eigenvalue weighted by Crippen LogP contribution is -2.09. The number of hydrogen-bond donors (Lipinski definition) is 1. The molecule has 3 heterocycles. The first-order valence-corrected chi connectivity index (χ1v) is 6.64. The molecule has 88 valence electrons. The number of rotatable bonds is 2. The topological polar surface area (TPSA) is 56.7 Å². The number of fused-ring (bicyclic) bond motifs is 1. The number of nitrogens with two attached hydrogens (primary N) is 1. The average molecular weight is 246 g/mol. The monoisotopic (exact) mass is 246 g/mol. The van der Waals surface area contributed by atoms with Gasteiger partial charge in [-0.3, -0.25) is 0 Å². The Labute approximate surface area is 104 Å². The third-order valence-corrected chi connectivity index (χ3v) is 3.68. The van der Waals surface area contributed by atoms with Gasteiger partial charge in [-0.25, -0.2) is 9.97 Å². The van der Waals surface area contributed by atoms with E-state index in [-0.39, 0.29) is 0 Å². The second-order valence-electron chi connectivity index (χ2n) is 4.17. The lowest BCUT2D eigenvalue weighted by Gasteiger charge is -2.13. The summed E-state index contributed by atoms with van der Waals surface area (Å²) in [6.45, 7) is 1.10. The molecule has 1 aliphatic heterocycles. The highest BCUT2D eigenvalue weighted by atomic mass is 32.1. The van der Waals surface area contributed by atoms with Gasteiger partial charge in [0.05, 0.1) is 17.7 Å². The summed E-state index contributed by atoms with van der Waals surface area (Å²) in [6, 6.07) is 0. The minimum absolute atomic E-state index is 0.608. The maximum atomic E-state index is 5.59. The van der Waals surface area contributed by atoms with Crippen LogP contribution in [0.2, 0.25) is 0 Å². The Hall–Kier alpha value is -1.62. The van der Waals surface area contributed by atoms with Gasteiger partial charge in [-0.2, -0.15) is 0 Å². The van der Waals surface area contributed by atoms with Gasteiger partial charge in [0.1, 0.15) is 0 Å². The largest absolute Gasteiger partial charge is 0.375 e. The normalized spacial score (nSPS) is 15.3. The molecule has 0 spiro atoms. The number of anilines is 1. The van der Waals surface area contributed by atoms with E-state index >= 15 is 0 Å². The summed E-state index contributed by atoms with van der Waals surface area (Å²) >= 11 is 1.46. The van der Waals surface area contributed by atoms with Crippen LogP contribution in [-0.4, -0.2) is 14.5 Å². The summed E-state index contributed by atoms with van der Waals surface area (Å²) in [5.41, 5.74) is 8.91. The first kappa shape index (κ1) is 10.5. The van der Waals surface area contributed by atoms with Gasteiger partial charge >= 0.3 is 0 Å². The van der Waals surface area contributed by atoms with Gasteiger partial charge in [0.2, 0.25) is 0 Å². The number of aryl methyl sites for hydroxylation is 1. The molecule has 0 aromatic carbocycles. The first-order valence-electron chi connectivity index (χ1n) is 5.76. The molecule has 0 fully saturated rings. The van der Waals surface area contributed by atoms with Crippen molar-refractivity contribution in [3.05, 3.63) is 28.8 Å². The fraction of sp³-hybridized carbons (Fsp3) is 0.333. The summed E-state index contributed by atoms with van der Waals surface area (Å²) in [5.74, 6) is 0. The number of aromatic nitrogens is 3. The van der Waals surface area contributed by atoms with E-state index in [0.29, 0.717) is 5.13 Å². The molecule has 1 aliphatic rings. The maximum Gasteiger partial charge on any atom is 0.180 e. The Kier molecular flexibility index (Phi) is 2.68. The summed E-state index contributed by atoms with van der Waals surface area (Å²) in [6.07, 6.45) is 9.59. The Morgan fingerprint density at radius 2 is 2.29 bits per heavy atom. The van der Waals surface area contributed by atoms with Crippen LogP contribution in [0.5, 0.6) is 0 Å². The Bertz CT molecular complexity index is 553. The molecule has 0 radical (unpaired) electrons. The Morgan fingerprint density at radius 3 is 3.12 bits per heavy atom. The van der Waals surface area contributed by atoms with Crippen molar-refractivity contribution in [1.82, 2.24) is 14.5 Å². The fourth-order valence-corrected chi connectivity index (χ4v) is 2.67. The summed E-state index contributed by atoms with van der Waals surface area (Å²) < 4.78 is 2.25. The molecule has 0 bridgehead atoms. The molecule has 0 amide bonds. The van der Waals surface area contributed by atoms with Gasteiger partial charge in [-0.05, 0) is 31.4 Å². The van der Waals surface area contributed by atoms with Crippen molar-refractivity contribution >= 4 is 28.6 Å². The van der Waals surface area contributed by atoms with Crippen molar-refractivity contribution in [3.63, 3.8) is 0 Å². The molecule has 2 aromatic heterocycles. The second-order valence-corrected chi connectivity index (χ2v) is 5.06. The Morgan fingerprint density at radius 1 is 1.35 bits per heavy atom. The first-order chi connectivity index (χ1) is 8.33. The molecular weight excluding hydrogens is 232 g/mol. The fourth-order valence-electron chi connectivity index (χ4n) is 2.14. The van der Waals surface area contributed by atoms with Gasteiger partial charge in [0.15, 0.2) is 5.13 Å². The van der Waals surface area contributed by atoms with E-state index in [1.807, 2.05) is 23.9 Å². The highest BCUT2D eigenvalue weighted by molar-refractivity contribution is 7.13. The highest BCUT2D eigenvalue weighted by Crippen LogP contribution is 2.20. The third kappa shape index (κ3) is 2.10. The molecule has 3 rings (SSSR count). The van der Waals surface area contributed by atoms with Crippen LogP contribution in [0.4, 0.5) is 5.13 Å². The number of nitrogens with zero attached hydrogens (tertiary/aromatic N) is 3. The molecule has 2 aromatic rings. The van der Waals surface area contributed by atoms with E-state index in [4.69, 9.17) is 5.73 Å². The van der Waals surface area contributed by atoms with Crippen molar-refractivity contribution in [1.29, 1.82) is 0 Å². The van der Waals surface area contributed by atoms with Crippen LogP contribution in [0.15, 0.2) is 11.7 Å².